The molecule has 0 aliphatic carbocycles. The summed E-state index contributed by atoms with van der Waals surface area (Å²) in [6.45, 7) is 5.63. The topological polar surface area (TPSA) is 41.1 Å². The second-order valence-electron chi connectivity index (χ2n) is 4.60. The van der Waals surface area contributed by atoms with Crippen LogP contribution >= 0.6 is 0 Å². The highest BCUT2D eigenvalue weighted by molar-refractivity contribution is 5.01. The summed E-state index contributed by atoms with van der Waals surface area (Å²) in [4.78, 5) is 10.8. The third kappa shape index (κ3) is 2.77. The number of nitrogens with one attached hydrogen (secondary N) is 1. The average Bonchev–Trinajstić information content (AvgIpc) is 2.82. The molecule has 0 saturated carbocycles. The van der Waals surface area contributed by atoms with Crippen LogP contribution in [0.2, 0.25) is 0 Å². The molecule has 0 amide bonds. The number of hydrogen-bond acceptors (Lipinski definition) is 4. The van der Waals surface area contributed by atoms with Gasteiger partial charge in [-0.1, -0.05) is 0 Å². The van der Waals surface area contributed by atoms with Crippen molar-refractivity contribution in [3.8, 4) is 0 Å². The van der Waals surface area contributed by atoms with E-state index < -0.39 is 0 Å². The van der Waals surface area contributed by atoms with Crippen molar-refractivity contribution in [2.24, 2.45) is 5.92 Å². The van der Waals surface area contributed by atoms with Gasteiger partial charge in [0.1, 0.15) is 0 Å². The van der Waals surface area contributed by atoms with Crippen molar-refractivity contribution in [3.63, 3.8) is 0 Å². The van der Waals surface area contributed by atoms with Gasteiger partial charge < -0.3 is 5.32 Å². The fourth-order valence-electron chi connectivity index (χ4n) is 2.19. The molecule has 4 heteroatoms. The van der Waals surface area contributed by atoms with Gasteiger partial charge in [0.25, 0.3) is 0 Å². The lowest BCUT2D eigenvalue weighted by molar-refractivity contribution is 0.222. The second kappa shape index (κ2) is 5.37. The molecule has 2 rings (SSSR count). The zero-order chi connectivity index (χ0) is 11.4. The van der Waals surface area contributed by atoms with Gasteiger partial charge in [0.2, 0.25) is 0 Å². The molecule has 1 N–H and O–H groups in total. The highest BCUT2D eigenvalue weighted by Gasteiger charge is 2.20. The molecule has 16 heavy (non-hydrogen) atoms. The van der Waals surface area contributed by atoms with E-state index in [1.54, 1.807) is 12.4 Å². The molecule has 0 bridgehead atoms. The third-order valence-corrected chi connectivity index (χ3v) is 3.38. The van der Waals surface area contributed by atoms with E-state index >= 15 is 0 Å². The van der Waals surface area contributed by atoms with Crippen LogP contribution in [0.1, 0.15) is 25.1 Å². The van der Waals surface area contributed by atoms with Crippen molar-refractivity contribution in [3.05, 3.63) is 24.3 Å². The molecular formula is C12H20N4. The first-order valence-corrected chi connectivity index (χ1v) is 5.94. The maximum atomic E-state index is 4.35. The fraction of sp³-hybridized carbons (Fsp3) is 0.667. The Morgan fingerprint density at radius 3 is 3.06 bits per heavy atom. The highest BCUT2D eigenvalue weighted by atomic mass is 15.1. The van der Waals surface area contributed by atoms with Gasteiger partial charge in [0.05, 0.1) is 11.7 Å². The number of aromatic nitrogens is 2. The summed E-state index contributed by atoms with van der Waals surface area (Å²) in [7, 11) is 2.16. The van der Waals surface area contributed by atoms with Crippen LogP contribution < -0.4 is 5.32 Å². The molecule has 88 valence electrons. The number of nitrogens with zero attached hydrogens (tertiary/aromatic N) is 3. The van der Waals surface area contributed by atoms with Gasteiger partial charge in [-0.25, -0.2) is 0 Å². The molecule has 2 atom stereocenters. The molecule has 1 aromatic rings. The Bertz CT molecular complexity index is 308. The smallest absolute Gasteiger partial charge is 0.0755 e. The average molecular weight is 220 g/mol. The molecule has 1 aromatic heterocycles. The van der Waals surface area contributed by atoms with Crippen LogP contribution in [0.15, 0.2) is 18.6 Å². The summed E-state index contributed by atoms with van der Waals surface area (Å²) in [5, 5.41) is 3.40. The van der Waals surface area contributed by atoms with Crippen LogP contribution in [0.25, 0.3) is 0 Å². The summed E-state index contributed by atoms with van der Waals surface area (Å²) in [6, 6.07) is 0.342. The van der Waals surface area contributed by atoms with E-state index in [1.165, 1.54) is 6.42 Å². The quantitative estimate of drug-likeness (QED) is 0.824. The van der Waals surface area contributed by atoms with E-state index in [1.807, 2.05) is 6.20 Å². The Morgan fingerprint density at radius 2 is 2.44 bits per heavy atom. The van der Waals surface area contributed by atoms with E-state index in [0.29, 0.717) is 6.04 Å². The van der Waals surface area contributed by atoms with E-state index in [-0.39, 0.29) is 0 Å². The van der Waals surface area contributed by atoms with Crippen molar-refractivity contribution < 1.29 is 0 Å². The Morgan fingerprint density at radius 1 is 1.56 bits per heavy atom. The maximum Gasteiger partial charge on any atom is 0.0755 e. The lowest BCUT2D eigenvalue weighted by atomic mass is 10.1. The van der Waals surface area contributed by atoms with Crippen LogP contribution in [0.3, 0.4) is 0 Å². The summed E-state index contributed by atoms with van der Waals surface area (Å²) in [5.74, 6) is 0.782. The SMILES string of the molecule is C[C@@H](c1cnccn1)N(C)C[C@H]1CCNC1. The van der Waals surface area contributed by atoms with Crippen LogP contribution in [-0.2, 0) is 0 Å². The molecule has 1 fully saturated rings. The molecule has 1 saturated heterocycles. The first-order chi connectivity index (χ1) is 7.77. The Labute approximate surface area is 97.1 Å². The predicted octanol–water partition coefficient (Wildman–Crippen LogP) is 1.08. The summed E-state index contributed by atoms with van der Waals surface area (Å²) in [6.07, 6.45) is 6.62. The number of rotatable bonds is 4. The summed E-state index contributed by atoms with van der Waals surface area (Å²) in [5.41, 5.74) is 1.05. The Balaban J connectivity index is 1.91. The van der Waals surface area contributed by atoms with E-state index in [0.717, 1.165) is 31.2 Å². The molecule has 2 heterocycles. The van der Waals surface area contributed by atoms with Gasteiger partial charge in [-0.05, 0) is 39.4 Å². The minimum atomic E-state index is 0.342. The molecule has 4 nitrogen and oxygen atoms in total. The zero-order valence-electron chi connectivity index (χ0n) is 10.1. The van der Waals surface area contributed by atoms with Crippen LogP contribution in [0, 0.1) is 5.92 Å². The van der Waals surface area contributed by atoms with Gasteiger partial charge >= 0.3 is 0 Å². The van der Waals surface area contributed by atoms with Crippen LogP contribution in [-0.4, -0.2) is 41.5 Å². The lowest BCUT2D eigenvalue weighted by Crippen LogP contribution is -2.30. The first kappa shape index (κ1) is 11.5. The first-order valence-electron chi connectivity index (χ1n) is 5.94. The summed E-state index contributed by atoms with van der Waals surface area (Å²) >= 11 is 0. The van der Waals surface area contributed by atoms with Crippen molar-refractivity contribution in [1.29, 1.82) is 0 Å². The zero-order valence-corrected chi connectivity index (χ0v) is 10.1. The van der Waals surface area contributed by atoms with Gasteiger partial charge in [-0.15, -0.1) is 0 Å². The molecule has 0 aromatic carbocycles. The van der Waals surface area contributed by atoms with Crippen molar-refractivity contribution in [2.75, 3.05) is 26.7 Å². The molecule has 1 aliphatic rings. The van der Waals surface area contributed by atoms with Crippen LogP contribution in [0.4, 0.5) is 0 Å². The van der Waals surface area contributed by atoms with E-state index in [4.69, 9.17) is 0 Å². The van der Waals surface area contributed by atoms with Gasteiger partial charge in [0, 0.05) is 25.1 Å². The largest absolute Gasteiger partial charge is 0.316 e. The van der Waals surface area contributed by atoms with Crippen LogP contribution in [0.5, 0.6) is 0 Å². The van der Waals surface area contributed by atoms with Gasteiger partial charge in [0.15, 0.2) is 0 Å². The minimum absolute atomic E-state index is 0.342. The van der Waals surface area contributed by atoms with Gasteiger partial charge in [-0.3, -0.25) is 14.9 Å². The Hall–Kier alpha value is -1.00. The standard InChI is InChI=1S/C12H20N4/c1-10(12-8-14-5-6-15-12)16(2)9-11-3-4-13-7-11/h5-6,8,10-11,13H,3-4,7,9H2,1-2H3/t10-,11-/m0/s1. The fourth-order valence-corrected chi connectivity index (χ4v) is 2.19. The van der Waals surface area contributed by atoms with Crippen molar-refractivity contribution in [2.45, 2.75) is 19.4 Å². The molecule has 0 radical (unpaired) electrons. The number of hydrogen-bond donors (Lipinski definition) is 1. The lowest BCUT2D eigenvalue weighted by Gasteiger charge is -2.26. The minimum Gasteiger partial charge on any atom is -0.316 e. The normalized spacial score (nSPS) is 22.6. The van der Waals surface area contributed by atoms with E-state index in [2.05, 4.69) is 34.2 Å². The third-order valence-electron chi connectivity index (χ3n) is 3.38. The van der Waals surface area contributed by atoms with Gasteiger partial charge in [-0.2, -0.15) is 0 Å². The second-order valence-corrected chi connectivity index (χ2v) is 4.60. The van der Waals surface area contributed by atoms with Crippen molar-refractivity contribution in [1.82, 2.24) is 20.2 Å². The maximum absolute atomic E-state index is 4.35. The molecule has 1 aliphatic heterocycles. The van der Waals surface area contributed by atoms with E-state index in [9.17, 15) is 0 Å². The molecule has 0 spiro atoms. The Kier molecular flexibility index (Phi) is 3.85. The summed E-state index contributed by atoms with van der Waals surface area (Å²) < 4.78 is 0. The molecular weight excluding hydrogens is 200 g/mol. The van der Waals surface area contributed by atoms with Crippen molar-refractivity contribution >= 4 is 0 Å². The highest BCUT2D eigenvalue weighted by Crippen LogP contribution is 2.18. The monoisotopic (exact) mass is 220 g/mol. The predicted molar refractivity (Wildman–Crippen MR) is 64.1 cm³/mol. The molecule has 0 unspecified atom stereocenters.